The first-order valence-corrected chi connectivity index (χ1v) is 6.94. The van der Waals surface area contributed by atoms with Gasteiger partial charge in [-0.15, -0.1) is 11.3 Å². The van der Waals surface area contributed by atoms with Crippen LogP contribution in [0.1, 0.15) is 25.6 Å². The van der Waals surface area contributed by atoms with Gasteiger partial charge in [-0.1, -0.05) is 6.07 Å². The lowest BCUT2D eigenvalue weighted by Crippen LogP contribution is -2.54. The number of ether oxygens (including phenoxy) is 1. The third-order valence-electron chi connectivity index (χ3n) is 3.04. The van der Waals surface area contributed by atoms with E-state index in [1.54, 1.807) is 11.3 Å². The third kappa shape index (κ3) is 3.03. The van der Waals surface area contributed by atoms with Crippen molar-refractivity contribution in [1.29, 1.82) is 0 Å². The molecular weight excluding hydrogens is 250 g/mol. The largest absolute Gasteiger partial charge is 0.465 e. The Kier molecular flexibility index (Phi) is 3.64. The molecule has 1 fully saturated rings. The SMILES string of the molecule is CC(C)(C)N(C(=O)O)[C@@H](Cc1cccs1)[C@H]1CO1. The predicted octanol–water partition coefficient (Wildman–Crippen LogP) is 2.84. The minimum atomic E-state index is -0.875. The average molecular weight is 269 g/mol. The van der Waals surface area contributed by atoms with E-state index in [-0.39, 0.29) is 12.1 Å². The summed E-state index contributed by atoms with van der Waals surface area (Å²) < 4.78 is 5.35. The summed E-state index contributed by atoms with van der Waals surface area (Å²) in [6.45, 7) is 6.43. The van der Waals surface area contributed by atoms with Crippen LogP contribution in [0.2, 0.25) is 0 Å². The van der Waals surface area contributed by atoms with Crippen molar-refractivity contribution in [3.8, 4) is 0 Å². The van der Waals surface area contributed by atoms with Crippen molar-refractivity contribution in [2.75, 3.05) is 6.61 Å². The fourth-order valence-corrected chi connectivity index (χ4v) is 2.98. The van der Waals surface area contributed by atoms with Crippen molar-refractivity contribution in [2.24, 2.45) is 0 Å². The maximum Gasteiger partial charge on any atom is 0.408 e. The highest BCUT2D eigenvalue weighted by atomic mass is 32.1. The van der Waals surface area contributed by atoms with Gasteiger partial charge in [0.1, 0.15) is 6.10 Å². The Morgan fingerprint density at radius 2 is 2.33 bits per heavy atom. The summed E-state index contributed by atoms with van der Waals surface area (Å²) in [5, 5.41) is 11.5. The lowest BCUT2D eigenvalue weighted by Gasteiger charge is -2.39. The Bertz CT molecular complexity index is 406. The zero-order valence-corrected chi connectivity index (χ0v) is 11.7. The van der Waals surface area contributed by atoms with Crippen LogP contribution >= 0.6 is 11.3 Å². The predicted molar refractivity (Wildman–Crippen MR) is 71.2 cm³/mol. The Labute approximate surface area is 111 Å². The third-order valence-corrected chi connectivity index (χ3v) is 3.94. The Hall–Kier alpha value is -1.07. The second-order valence-corrected chi connectivity index (χ2v) is 6.58. The molecule has 1 N–H and O–H groups in total. The number of carboxylic acid groups (broad SMARTS) is 1. The second kappa shape index (κ2) is 4.90. The monoisotopic (exact) mass is 269 g/mol. The lowest BCUT2D eigenvalue weighted by molar-refractivity contribution is 0.0596. The van der Waals surface area contributed by atoms with E-state index in [1.807, 2.05) is 38.3 Å². The molecule has 1 aliphatic rings. The molecule has 0 unspecified atom stereocenters. The molecule has 0 aromatic carbocycles. The van der Waals surface area contributed by atoms with Gasteiger partial charge in [0.2, 0.25) is 0 Å². The first kappa shape index (κ1) is 13.4. The van der Waals surface area contributed by atoms with Gasteiger partial charge < -0.3 is 9.84 Å². The van der Waals surface area contributed by atoms with Crippen molar-refractivity contribution in [1.82, 2.24) is 4.90 Å². The summed E-state index contributed by atoms with van der Waals surface area (Å²) in [5.41, 5.74) is -0.417. The summed E-state index contributed by atoms with van der Waals surface area (Å²) in [5.74, 6) is 0. The van der Waals surface area contributed by atoms with Crippen LogP contribution in [0, 0.1) is 0 Å². The smallest absolute Gasteiger partial charge is 0.408 e. The molecule has 0 bridgehead atoms. The van der Waals surface area contributed by atoms with Gasteiger partial charge in [-0.05, 0) is 32.2 Å². The maximum absolute atomic E-state index is 11.5. The van der Waals surface area contributed by atoms with Crippen molar-refractivity contribution < 1.29 is 14.6 Å². The van der Waals surface area contributed by atoms with Crippen molar-refractivity contribution >= 4 is 17.4 Å². The van der Waals surface area contributed by atoms with Crippen LogP contribution in [0.4, 0.5) is 4.79 Å². The molecule has 0 spiro atoms. The molecule has 1 saturated heterocycles. The number of thiophene rings is 1. The molecule has 2 heterocycles. The van der Waals surface area contributed by atoms with E-state index in [2.05, 4.69) is 0 Å². The van der Waals surface area contributed by atoms with Gasteiger partial charge in [-0.3, -0.25) is 4.90 Å². The fourth-order valence-electron chi connectivity index (χ4n) is 2.23. The Balaban J connectivity index is 2.19. The Morgan fingerprint density at radius 3 is 2.72 bits per heavy atom. The minimum Gasteiger partial charge on any atom is -0.465 e. The number of hydrogen-bond acceptors (Lipinski definition) is 3. The molecule has 1 amide bonds. The molecule has 0 aliphatic carbocycles. The van der Waals surface area contributed by atoms with E-state index in [4.69, 9.17) is 4.74 Å². The summed E-state index contributed by atoms with van der Waals surface area (Å²) >= 11 is 1.66. The van der Waals surface area contributed by atoms with Crippen LogP contribution in [0.3, 0.4) is 0 Å². The topological polar surface area (TPSA) is 53.1 Å². The molecule has 5 heteroatoms. The quantitative estimate of drug-likeness (QED) is 0.855. The van der Waals surface area contributed by atoms with E-state index in [0.717, 1.165) is 6.42 Å². The van der Waals surface area contributed by atoms with E-state index < -0.39 is 11.6 Å². The molecule has 18 heavy (non-hydrogen) atoms. The molecule has 1 aliphatic heterocycles. The molecule has 100 valence electrons. The normalized spacial score (nSPS) is 20.5. The number of rotatable bonds is 4. The van der Waals surface area contributed by atoms with E-state index in [1.165, 1.54) is 9.78 Å². The van der Waals surface area contributed by atoms with E-state index in [9.17, 15) is 9.90 Å². The number of hydrogen-bond donors (Lipinski definition) is 1. The molecule has 1 aromatic rings. The summed E-state index contributed by atoms with van der Waals surface area (Å²) in [4.78, 5) is 14.3. The molecule has 4 nitrogen and oxygen atoms in total. The van der Waals surface area contributed by atoms with Crippen LogP contribution in [-0.2, 0) is 11.2 Å². The van der Waals surface area contributed by atoms with Crippen molar-refractivity contribution in [2.45, 2.75) is 44.9 Å². The number of amides is 1. The van der Waals surface area contributed by atoms with Gasteiger partial charge in [-0.2, -0.15) is 0 Å². The molecule has 2 rings (SSSR count). The van der Waals surface area contributed by atoms with Crippen LogP contribution < -0.4 is 0 Å². The second-order valence-electron chi connectivity index (χ2n) is 5.55. The molecule has 0 radical (unpaired) electrons. The highest BCUT2D eigenvalue weighted by Crippen LogP contribution is 2.29. The molecule has 0 saturated carbocycles. The van der Waals surface area contributed by atoms with Crippen molar-refractivity contribution in [3.63, 3.8) is 0 Å². The van der Waals surface area contributed by atoms with Gasteiger partial charge in [0.15, 0.2) is 0 Å². The molecular formula is C13H19NO3S. The number of nitrogens with zero attached hydrogens (tertiary/aromatic N) is 1. The van der Waals surface area contributed by atoms with E-state index in [0.29, 0.717) is 6.61 Å². The zero-order chi connectivity index (χ0) is 13.3. The summed E-state index contributed by atoms with van der Waals surface area (Å²) in [6.07, 6.45) is -0.103. The summed E-state index contributed by atoms with van der Waals surface area (Å²) in [7, 11) is 0. The summed E-state index contributed by atoms with van der Waals surface area (Å²) in [6, 6.07) is 3.94. The molecule has 1 aromatic heterocycles. The Morgan fingerprint density at radius 1 is 1.67 bits per heavy atom. The van der Waals surface area contributed by atoms with Gasteiger partial charge in [0.25, 0.3) is 0 Å². The van der Waals surface area contributed by atoms with Gasteiger partial charge in [0.05, 0.1) is 12.6 Å². The first-order valence-electron chi connectivity index (χ1n) is 6.06. The van der Waals surface area contributed by atoms with Crippen LogP contribution in [0.15, 0.2) is 17.5 Å². The van der Waals surface area contributed by atoms with Crippen LogP contribution in [0.5, 0.6) is 0 Å². The van der Waals surface area contributed by atoms with Crippen LogP contribution in [-0.4, -0.2) is 40.4 Å². The highest BCUT2D eigenvalue weighted by molar-refractivity contribution is 7.09. The first-order chi connectivity index (χ1) is 8.39. The van der Waals surface area contributed by atoms with Gasteiger partial charge in [-0.25, -0.2) is 4.79 Å². The van der Waals surface area contributed by atoms with Crippen LogP contribution in [0.25, 0.3) is 0 Å². The van der Waals surface area contributed by atoms with E-state index >= 15 is 0 Å². The van der Waals surface area contributed by atoms with Gasteiger partial charge in [0, 0.05) is 16.8 Å². The standard InChI is InChI=1S/C13H19NO3S/c1-13(2,3)14(12(15)16)10(11-8-17-11)7-9-5-4-6-18-9/h4-6,10-11H,7-8H2,1-3H3,(H,15,16)/t10-,11+/m0/s1. The molecule has 2 atom stereocenters. The minimum absolute atomic E-state index is 0.0439. The highest BCUT2D eigenvalue weighted by Gasteiger charge is 2.43. The average Bonchev–Trinajstić information content (AvgIpc) is 2.94. The zero-order valence-electron chi connectivity index (χ0n) is 10.9. The lowest BCUT2D eigenvalue weighted by atomic mass is 9.99. The number of epoxide rings is 1. The number of carbonyl (C=O) groups is 1. The fraction of sp³-hybridized carbons (Fsp3) is 0.615. The maximum atomic E-state index is 11.5. The van der Waals surface area contributed by atoms with Crippen molar-refractivity contribution in [3.05, 3.63) is 22.4 Å². The van der Waals surface area contributed by atoms with Gasteiger partial charge >= 0.3 is 6.09 Å².